The Hall–Kier alpha value is -2.37. The zero-order valence-electron chi connectivity index (χ0n) is 13.7. The van der Waals surface area contributed by atoms with Gasteiger partial charge in [0.15, 0.2) is 0 Å². The third-order valence-corrected chi connectivity index (χ3v) is 3.88. The van der Waals surface area contributed by atoms with E-state index >= 15 is 0 Å². The van der Waals surface area contributed by atoms with Gasteiger partial charge in [-0.1, -0.05) is 13.3 Å². The highest BCUT2D eigenvalue weighted by Gasteiger charge is 2.35. The quantitative estimate of drug-likeness (QED) is 0.755. The molecule has 0 spiro atoms. The normalized spacial score (nSPS) is 14.1. The topological polar surface area (TPSA) is 86.7 Å². The number of amides is 2. The van der Waals surface area contributed by atoms with Crippen LogP contribution in [0.5, 0.6) is 0 Å². The average Bonchev–Trinajstić information content (AvgIpc) is 2.68. The molecule has 124 valence electrons. The molecule has 0 aliphatic carbocycles. The van der Waals surface area contributed by atoms with E-state index in [0.717, 1.165) is 23.4 Å². The highest BCUT2D eigenvalue weighted by atomic mass is 16.4. The predicted octanol–water partition coefficient (Wildman–Crippen LogP) is 2.75. The SMILES string of the molecule is CCCC(C)(C)Nc1ccc2c(c1)C(=O)N(CCC(=O)O)C2=O. The van der Waals surface area contributed by atoms with Gasteiger partial charge in [-0.15, -0.1) is 0 Å². The number of benzene rings is 1. The Balaban J connectivity index is 2.21. The number of anilines is 1. The third-order valence-electron chi connectivity index (χ3n) is 3.88. The summed E-state index contributed by atoms with van der Waals surface area (Å²) in [6.07, 6.45) is 1.76. The number of rotatable bonds is 7. The Morgan fingerprint density at radius 2 is 1.87 bits per heavy atom. The summed E-state index contributed by atoms with van der Waals surface area (Å²) in [6, 6.07) is 5.08. The van der Waals surface area contributed by atoms with Crippen molar-refractivity contribution in [1.29, 1.82) is 0 Å². The Bertz CT molecular complexity index is 652. The van der Waals surface area contributed by atoms with Crippen LogP contribution < -0.4 is 5.32 Å². The highest BCUT2D eigenvalue weighted by molar-refractivity contribution is 6.21. The Morgan fingerprint density at radius 1 is 1.22 bits per heavy atom. The number of nitrogens with one attached hydrogen (secondary N) is 1. The molecule has 6 heteroatoms. The number of carboxylic acid groups (broad SMARTS) is 1. The minimum absolute atomic E-state index is 0.105. The molecule has 2 N–H and O–H groups in total. The van der Waals surface area contributed by atoms with Gasteiger partial charge in [0.05, 0.1) is 17.5 Å². The molecule has 1 heterocycles. The molecule has 0 saturated carbocycles. The molecule has 0 fully saturated rings. The van der Waals surface area contributed by atoms with Crippen molar-refractivity contribution in [3.05, 3.63) is 29.3 Å². The molecule has 0 unspecified atom stereocenters. The molecular weight excluding hydrogens is 296 g/mol. The molecule has 23 heavy (non-hydrogen) atoms. The summed E-state index contributed by atoms with van der Waals surface area (Å²) in [7, 11) is 0. The van der Waals surface area contributed by atoms with E-state index in [9.17, 15) is 14.4 Å². The second-order valence-corrected chi connectivity index (χ2v) is 6.42. The number of hydrogen-bond acceptors (Lipinski definition) is 4. The van der Waals surface area contributed by atoms with Crippen LogP contribution in [0.3, 0.4) is 0 Å². The van der Waals surface area contributed by atoms with E-state index in [-0.39, 0.29) is 18.5 Å². The largest absolute Gasteiger partial charge is 0.481 e. The lowest BCUT2D eigenvalue weighted by Crippen LogP contribution is -2.32. The zero-order chi connectivity index (χ0) is 17.2. The average molecular weight is 318 g/mol. The third kappa shape index (κ3) is 3.70. The number of hydrogen-bond donors (Lipinski definition) is 2. The first-order valence-electron chi connectivity index (χ1n) is 7.75. The van der Waals surface area contributed by atoms with Crippen molar-refractivity contribution in [2.75, 3.05) is 11.9 Å². The van der Waals surface area contributed by atoms with Crippen molar-refractivity contribution in [3.63, 3.8) is 0 Å². The monoisotopic (exact) mass is 318 g/mol. The molecule has 0 aromatic heterocycles. The first-order chi connectivity index (χ1) is 10.7. The van der Waals surface area contributed by atoms with Gasteiger partial charge in [0, 0.05) is 17.8 Å². The van der Waals surface area contributed by atoms with Crippen molar-refractivity contribution in [2.45, 2.75) is 45.6 Å². The molecule has 1 aliphatic rings. The van der Waals surface area contributed by atoms with Crippen LogP contribution in [-0.2, 0) is 4.79 Å². The molecule has 0 saturated heterocycles. The second-order valence-electron chi connectivity index (χ2n) is 6.42. The molecule has 0 bridgehead atoms. The van der Waals surface area contributed by atoms with Gasteiger partial charge in [0.25, 0.3) is 11.8 Å². The number of fused-ring (bicyclic) bond motifs is 1. The van der Waals surface area contributed by atoms with Crippen LogP contribution in [-0.4, -0.2) is 39.9 Å². The molecule has 6 nitrogen and oxygen atoms in total. The van der Waals surface area contributed by atoms with Crippen LogP contribution in [0, 0.1) is 0 Å². The van der Waals surface area contributed by atoms with Crippen molar-refractivity contribution in [1.82, 2.24) is 4.90 Å². The molecule has 2 rings (SSSR count). The van der Waals surface area contributed by atoms with Crippen LogP contribution in [0.4, 0.5) is 5.69 Å². The molecule has 1 aromatic carbocycles. The molecule has 2 amide bonds. The van der Waals surface area contributed by atoms with Gasteiger partial charge in [-0.05, 0) is 38.5 Å². The maximum absolute atomic E-state index is 12.3. The highest BCUT2D eigenvalue weighted by Crippen LogP contribution is 2.28. The van der Waals surface area contributed by atoms with Crippen LogP contribution >= 0.6 is 0 Å². The van der Waals surface area contributed by atoms with E-state index in [4.69, 9.17) is 5.11 Å². The van der Waals surface area contributed by atoms with E-state index in [0.29, 0.717) is 11.1 Å². The van der Waals surface area contributed by atoms with Crippen LogP contribution in [0.15, 0.2) is 18.2 Å². The van der Waals surface area contributed by atoms with Crippen LogP contribution in [0.25, 0.3) is 0 Å². The van der Waals surface area contributed by atoms with Gasteiger partial charge < -0.3 is 10.4 Å². The summed E-state index contributed by atoms with van der Waals surface area (Å²) in [6.45, 7) is 6.16. The minimum atomic E-state index is -1.04. The fourth-order valence-electron chi connectivity index (χ4n) is 2.86. The van der Waals surface area contributed by atoms with Gasteiger partial charge in [-0.3, -0.25) is 19.3 Å². The fourth-order valence-corrected chi connectivity index (χ4v) is 2.86. The summed E-state index contributed by atoms with van der Waals surface area (Å²) in [4.78, 5) is 36.2. The number of imide groups is 1. The molecular formula is C17H22N2O4. The first kappa shape index (κ1) is 17.0. The summed E-state index contributed by atoms with van der Waals surface area (Å²) < 4.78 is 0. The molecule has 1 aliphatic heterocycles. The number of nitrogens with zero attached hydrogens (tertiary/aromatic N) is 1. The minimum Gasteiger partial charge on any atom is -0.481 e. The number of aliphatic carboxylic acids is 1. The maximum Gasteiger partial charge on any atom is 0.305 e. The Morgan fingerprint density at radius 3 is 2.48 bits per heavy atom. The van der Waals surface area contributed by atoms with E-state index in [1.54, 1.807) is 18.2 Å². The first-order valence-corrected chi connectivity index (χ1v) is 7.75. The smallest absolute Gasteiger partial charge is 0.305 e. The lowest BCUT2D eigenvalue weighted by atomic mass is 9.98. The summed E-state index contributed by atoms with van der Waals surface area (Å²) in [5, 5.41) is 12.1. The molecule has 1 aromatic rings. The fraction of sp³-hybridized carbons (Fsp3) is 0.471. The van der Waals surface area contributed by atoms with Gasteiger partial charge in [-0.2, -0.15) is 0 Å². The molecule has 0 atom stereocenters. The van der Waals surface area contributed by atoms with E-state index in [1.807, 2.05) is 0 Å². The Kier molecular flexibility index (Phi) is 4.73. The maximum atomic E-state index is 12.3. The van der Waals surface area contributed by atoms with Crippen molar-refractivity contribution in [3.8, 4) is 0 Å². The summed E-state index contributed by atoms with van der Waals surface area (Å²) in [5.74, 6) is -1.89. The number of carbonyl (C=O) groups is 3. The number of carbonyl (C=O) groups excluding carboxylic acids is 2. The van der Waals surface area contributed by atoms with Gasteiger partial charge in [0.1, 0.15) is 0 Å². The van der Waals surface area contributed by atoms with Crippen molar-refractivity contribution in [2.24, 2.45) is 0 Å². The van der Waals surface area contributed by atoms with E-state index < -0.39 is 17.8 Å². The van der Waals surface area contributed by atoms with E-state index in [2.05, 4.69) is 26.1 Å². The summed E-state index contributed by atoms with van der Waals surface area (Å²) in [5.41, 5.74) is 1.33. The van der Waals surface area contributed by atoms with Gasteiger partial charge >= 0.3 is 5.97 Å². The van der Waals surface area contributed by atoms with Gasteiger partial charge in [-0.25, -0.2) is 0 Å². The lowest BCUT2D eigenvalue weighted by molar-refractivity contribution is -0.137. The zero-order valence-corrected chi connectivity index (χ0v) is 13.7. The van der Waals surface area contributed by atoms with Crippen LogP contribution in [0.2, 0.25) is 0 Å². The number of carboxylic acids is 1. The summed E-state index contributed by atoms with van der Waals surface area (Å²) >= 11 is 0. The Labute approximate surface area is 135 Å². The van der Waals surface area contributed by atoms with Gasteiger partial charge in [0.2, 0.25) is 0 Å². The lowest BCUT2D eigenvalue weighted by Gasteiger charge is -2.27. The standard InChI is InChI=1S/C17H22N2O4/c1-4-8-17(2,3)18-11-5-6-12-13(10-11)16(23)19(15(12)22)9-7-14(20)21/h5-6,10,18H,4,7-9H2,1-3H3,(H,20,21). The van der Waals surface area contributed by atoms with Crippen LogP contribution in [0.1, 0.15) is 60.7 Å². The second kappa shape index (κ2) is 6.40. The van der Waals surface area contributed by atoms with Crippen molar-refractivity contribution < 1.29 is 19.5 Å². The van der Waals surface area contributed by atoms with Crippen molar-refractivity contribution >= 4 is 23.5 Å². The predicted molar refractivity (Wildman–Crippen MR) is 86.7 cm³/mol. The molecule has 0 radical (unpaired) electrons. The van der Waals surface area contributed by atoms with E-state index in [1.165, 1.54) is 0 Å².